The zero-order chi connectivity index (χ0) is 18.9. The predicted octanol–water partition coefficient (Wildman–Crippen LogP) is 3.04. The number of unbranched alkanes of at least 4 members (excludes halogenated alkanes) is 1. The van der Waals surface area contributed by atoms with Crippen LogP contribution in [-0.2, 0) is 4.79 Å². The Morgan fingerprint density at radius 2 is 1.81 bits per heavy atom. The maximum absolute atomic E-state index is 10.5. The van der Waals surface area contributed by atoms with E-state index in [1.807, 2.05) is 24.3 Å². The predicted molar refractivity (Wildman–Crippen MR) is 101 cm³/mol. The first-order chi connectivity index (χ1) is 12.5. The van der Waals surface area contributed by atoms with Crippen LogP contribution in [-0.4, -0.2) is 44.7 Å². The van der Waals surface area contributed by atoms with Crippen molar-refractivity contribution in [3.8, 4) is 0 Å². The molecule has 0 spiro atoms. The van der Waals surface area contributed by atoms with Crippen LogP contribution in [0.5, 0.6) is 0 Å². The van der Waals surface area contributed by atoms with E-state index in [0.29, 0.717) is 31.6 Å². The van der Waals surface area contributed by atoms with E-state index in [2.05, 4.69) is 0 Å². The largest absolute Gasteiger partial charge is 0.481 e. The fraction of sp³-hybridized carbons (Fsp3) is 0.762. The highest BCUT2D eigenvalue weighted by Gasteiger charge is 2.39. The highest BCUT2D eigenvalue weighted by molar-refractivity contribution is 5.66. The second-order valence-electron chi connectivity index (χ2n) is 7.88. The van der Waals surface area contributed by atoms with E-state index in [1.165, 1.54) is 19.3 Å². The maximum Gasteiger partial charge on any atom is 0.303 e. The lowest BCUT2D eigenvalue weighted by Gasteiger charge is -2.25. The molecule has 2 saturated carbocycles. The molecule has 0 aliphatic heterocycles. The van der Waals surface area contributed by atoms with Crippen molar-refractivity contribution >= 4 is 5.97 Å². The molecule has 0 heterocycles. The van der Waals surface area contributed by atoms with E-state index >= 15 is 0 Å². The molecule has 0 aromatic heterocycles. The number of hydrogen-bond donors (Lipinski definition) is 4. The zero-order valence-corrected chi connectivity index (χ0v) is 15.5. The van der Waals surface area contributed by atoms with Crippen molar-refractivity contribution in [2.75, 3.05) is 0 Å². The van der Waals surface area contributed by atoms with E-state index in [9.17, 15) is 20.1 Å². The van der Waals surface area contributed by atoms with Gasteiger partial charge in [-0.2, -0.15) is 0 Å². The van der Waals surface area contributed by atoms with Gasteiger partial charge in [-0.15, -0.1) is 0 Å². The first-order valence-corrected chi connectivity index (χ1v) is 10.1. The third-order valence-electron chi connectivity index (χ3n) is 5.92. The topological polar surface area (TPSA) is 98.0 Å². The Labute approximate surface area is 156 Å². The number of carbonyl (C=O) groups is 1. The number of carboxylic acid groups (broad SMARTS) is 1. The molecule has 0 radical (unpaired) electrons. The molecule has 0 aromatic carbocycles. The second kappa shape index (κ2) is 10.9. The van der Waals surface area contributed by atoms with Crippen molar-refractivity contribution < 1.29 is 25.2 Å². The number of aliphatic hydroxyl groups excluding tert-OH is 3. The number of hydrogen-bond acceptors (Lipinski definition) is 4. The summed E-state index contributed by atoms with van der Waals surface area (Å²) in [6.45, 7) is 0. The van der Waals surface area contributed by atoms with Crippen LogP contribution in [0.1, 0.15) is 64.2 Å². The van der Waals surface area contributed by atoms with Crippen molar-refractivity contribution in [2.24, 2.45) is 17.8 Å². The Kier molecular flexibility index (Phi) is 8.82. The minimum atomic E-state index is -0.783. The van der Waals surface area contributed by atoms with E-state index in [4.69, 9.17) is 5.11 Å². The summed E-state index contributed by atoms with van der Waals surface area (Å²) in [5.41, 5.74) is 0. The Morgan fingerprint density at radius 1 is 1.08 bits per heavy atom. The van der Waals surface area contributed by atoms with Crippen LogP contribution in [0.25, 0.3) is 0 Å². The van der Waals surface area contributed by atoms with Crippen molar-refractivity contribution in [1.82, 2.24) is 0 Å². The van der Waals surface area contributed by atoms with E-state index in [0.717, 1.165) is 12.8 Å². The summed E-state index contributed by atoms with van der Waals surface area (Å²) in [5.74, 6) is -0.673. The molecule has 26 heavy (non-hydrogen) atoms. The molecule has 5 nitrogen and oxygen atoms in total. The van der Waals surface area contributed by atoms with E-state index < -0.39 is 24.3 Å². The number of carboxylic acids is 1. The normalized spacial score (nSPS) is 31.8. The average Bonchev–Trinajstić information content (AvgIpc) is 2.89. The third-order valence-corrected chi connectivity index (χ3v) is 5.92. The van der Waals surface area contributed by atoms with Crippen molar-refractivity contribution in [1.29, 1.82) is 0 Å². The van der Waals surface area contributed by atoms with E-state index in [-0.39, 0.29) is 18.3 Å². The first kappa shape index (κ1) is 21.1. The molecule has 0 bridgehead atoms. The van der Waals surface area contributed by atoms with E-state index in [1.54, 1.807) is 0 Å². The first-order valence-electron chi connectivity index (χ1n) is 10.1. The van der Waals surface area contributed by atoms with Gasteiger partial charge in [0.05, 0.1) is 18.3 Å². The van der Waals surface area contributed by atoms with Gasteiger partial charge in [-0.05, 0) is 43.9 Å². The van der Waals surface area contributed by atoms with Gasteiger partial charge >= 0.3 is 5.97 Å². The molecule has 0 amide bonds. The summed E-state index contributed by atoms with van der Waals surface area (Å²) >= 11 is 0. The van der Waals surface area contributed by atoms with Crippen LogP contribution in [0, 0.1) is 17.8 Å². The molecule has 2 fully saturated rings. The number of aliphatic hydroxyl groups is 3. The Morgan fingerprint density at radius 3 is 2.50 bits per heavy atom. The van der Waals surface area contributed by atoms with Crippen molar-refractivity contribution in [3.63, 3.8) is 0 Å². The van der Waals surface area contributed by atoms with Crippen molar-refractivity contribution in [2.45, 2.75) is 82.5 Å². The molecule has 2 rings (SSSR count). The molecule has 148 valence electrons. The number of allylic oxidation sites excluding steroid dienone is 2. The summed E-state index contributed by atoms with van der Waals surface area (Å²) in [6, 6.07) is 0. The Bertz CT molecular complexity index is 481. The van der Waals surface area contributed by atoms with Gasteiger partial charge < -0.3 is 20.4 Å². The monoisotopic (exact) mass is 366 g/mol. The van der Waals surface area contributed by atoms with Gasteiger partial charge in [0.2, 0.25) is 0 Å². The highest BCUT2D eigenvalue weighted by Crippen LogP contribution is 2.37. The van der Waals surface area contributed by atoms with Gasteiger partial charge in [0.1, 0.15) is 0 Å². The van der Waals surface area contributed by atoms with Crippen LogP contribution >= 0.6 is 0 Å². The van der Waals surface area contributed by atoms with Crippen molar-refractivity contribution in [3.05, 3.63) is 24.3 Å². The van der Waals surface area contributed by atoms with Crippen LogP contribution < -0.4 is 0 Å². The molecule has 5 heteroatoms. The average molecular weight is 366 g/mol. The zero-order valence-electron chi connectivity index (χ0n) is 15.5. The standard InChI is InChI=1S/C21H34O5/c22-18(15-8-4-3-5-9-15)13-12-17-16(19(23)14-20(17)24)10-6-1-2-7-11-21(25)26/h1,6,12-13,15-20,22-24H,2-5,7-11,14H2,(H,25,26)/b6-1-,13-12+/t16-,17+,18+,19+,20-/m0/s1. The molecular weight excluding hydrogens is 332 g/mol. The van der Waals surface area contributed by atoms with Gasteiger partial charge in [-0.25, -0.2) is 0 Å². The molecular formula is C21H34O5. The maximum atomic E-state index is 10.5. The van der Waals surface area contributed by atoms with Gasteiger partial charge in [0, 0.05) is 18.8 Å². The SMILES string of the molecule is O=C(O)CCC/C=C\C[C@H]1[C@@H](/C=C/[C@@H](O)C2CCCCC2)[C@@H](O)C[C@H]1O. The molecule has 4 N–H and O–H groups in total. The fourth-order valence-electron chi connectivity index (χ4n) is 4.32. The van der Waals surface area contributed by atoms with Gasteiger partial charge in [0.25, 0.3) is 0 Å². The lowest BCUT2D eigenvalue weighted by Crippen LogP contribution is -2.23. The summed E-state index contributed by atoms with van der Waals surface area (Å²) < 4.78 is 0. The fourth-order valence-corrected chi connectivity index (χ4v) is 4.32. The molecule has 2 aliphatic carbocycles. The van der Waals surface area contributed by atoms with Crippen LogP contribution in [0.4, 0.5) is 0 Å². The third kappa shape index (κ3) is 6.53. The van der Waals surface area contributed by atoms with Gasteiger partial charge in [0.15, 0.2) is 0 Å². The molecule has 2 aliphatic rings. The Hall–Kier alpha value is -1.17. The summed E-state index contributed by atoms with van der Waals surface area (Å²) in [7, 11) is 0. The minimum Gasteiger partial charge on any atom is -0.481 e. The molecule has 0 unspecified atom stereocenters. The van der Waals surface area contributed by atoms with Gasteiger partial charge in [-0.3, -0.25) is 4.79 Å². The highest BCUT2D eigenvalue weighted by atomic mass is 16.4. The summed E-state index contributed by atoms with van der Waals surface area (Å²) in [6.07, 6.45) is 14.3. The minimum absolute atomic E-state index is 0.0597. The second-order valence-corrected chi connectivity index (χ2v) is 7.88. The Balaban J connectivity index is 1.84. The lowest BCUT2D eigenvalue weighted by atomic mass is 9.84. The van der Waals surface area contributed by atoms with Crippen LogP contribution in [0.3, 0.4) is 0 Å². The number of aliphatic carboxylic acids is 1. The quantitative estimate of drug-likeness (QED) is 0.371. The summed E-state index contributed by atoms with van der Waals surface area (Å²) in [4.78, 5) is 10.5. The number of rotatable bonds is 9. The summed E-state index contributed by atoms with van der Waals surface area (Å²) in [5, 5.41) is 39.5. The molecule has 5 atom stereocenters. The van der Waals surface area contributed by atoms with Crippen LogP contribution in [0.15, 0.2) is 24.3 Å². The lowest BCUT2D eigenvalue weighted by molar-refractivity contribution is -0.137. The smallest absolute Gasteiger partial charge is 0.303 e. The van der Waals surface area contributed by atoms with Gasteiger partial charge in [-0.1, -0.05) is 43.6 Å². The molecule has 0 saturated heterocycles. The van der Waals surface area contributed by atoms with Crippen LogP contribution in [0.2, 0.25) is 0 Å². The molecule has 0 aromatic rings.